The van der Waals surface area contributed by atoms with Crippen LogP contribution in [0.1, 0.15) is 5.89 Å². The van der Waals surface area contributed by atoms with Crippen LogP contribution in [-0.4, -0.2) is 20.2 Å². The highest BCUT2D eigenvalue weighted by atomic mass is 32.1. The average Bonchev–Trinajstić information content (AvgIpc) is 2.95. The molecule has 0 aliphatic rings. The van der Waals surface area contributed by atoms with Gasteiger partial charge in [0.25, 0.3) is 0 Å². The normalized spacial score (nSPS) is 10.8. The van der Waals surface area contributed by atoms with Crippen molar-refractivity contribution in [3.63, 3.8) is 0 Å². The number of aryl methyl sites for hydroxylation is 1. The molecule has 2 heterocycles. The molecule has 1 aromatic carbocycles. The van der Waals surface area contributed by atoms with Gasteiger partial charge in [0.15, 0.2) is 0 Å². The maximum atomic E-state index is 13.2. The molecule has 0 radical (unpaired) electrons. The number of hydrogen-bond donors (Lipinski definition) is 1. The summed E-state index contributed by atoms with van der Waals surface area (Å²) in [4.78, 5) is 8.42. The van der Waals surface area contributed by atoms with Gasteiger partial charge >= 0.3 is 0 Å². The van der Waals surface area contributed by atoms with Crippen LogP contribution in [0, 0.1) is 12.7 Å². The van der Waals surface area contributed by atoms with Gasteiger partial charge in [-0.1, -0.05) is 17.3 Å². The first-order valence-electron chi connectivity index (χ1n) is 5.40. The van der Waals surface area contributed by atoms with Crippen LogP contribution in [0.25, 0.3) is 21.3 Å². The number of thiazole rings is 1. The Labute approximate surface area is 111 Å². The Kier molecular flexibility index (Phi) is 2.75. The molecule has 0 aliphatic carbocycles. The van der Waals surface area contributed by atoms with Crippen LogP contribution in [0.2, 0.25) is 0 Å². The predicted molar refractivity (Wildman–Crippen MR) is 67.2 cm³/mol. The van der Waals surface area contributed by atoms with Crippen LogP contribution < -0.4 is 0 Å². The molecule has 2 aromatic heterocycles. The predicted octanol–water partition coefficient (Wildman–Crippen LogP) is 3.01. The highest BCUT2D eigenvalue weighted by molar-refractivity contribution is 7.18. The molecule has 0 unspecified atom stereocenters. The first kappa shape index (κ1) is 11.8. The summed E-state index contributed by atoms with van der Waals surface area (Å²) in [5, 5.41) is 14.0. The fourth-order valence-corrected chi connectivity index (χ4v) is 2.48. The van der Waals surface area contributed by atoms with Crippen molar-refractivity contribution in [2.75, 3.05) is 0 Å². The van der Waals surface area contributed by atoms with Gasteiger partial charge in [0.2, 0.25) is 17.6 Å². The summed E-state index contributed by atoms with van der Waals surface area (Å²) in [6, 6.07) is 6.00. The van der Waals surface area contributed by atoms with Gasteiger partial charge < -0.3 is 9.63 Å². The first-order chi connectivity index (χ1) is 9.13. The molecule has 5 nitrogen and oxygen atoms in total. The Morgan fingerprint density at radius 2 is 2.16 bits per heavy atom. The fraction of sp³-hybridized carbons (Fsp3) is 0.0833. The van der Waals surface area contributed by atoms with Gasteiger partial charge in [-0.3, -0.25) is 0 Å². The Hall–Kier alpha value is -2.28. The topological polar surface area (TPSA) is 72.0 Å². The summed E-state index contributed by atoms with van der Waals surface area (Å²) in [6.07, 6.45) is 0. The molecule has 1 N–H and O–H groups in total. The molecule has 0 atom stereocenters. The zero-order valence-electron chi connectivity index (χ0n) is 9.79. The van der Waals surface area contributed by atoms with Crippen molar-refractivity contribution in [1.29, 1.82) is 0 Å². The summed E-state index contributed by atoms with van der Waals surface area (Å²) in [5.74, 6) is 0.125. The summed E-state index contributed by atoms with van der Waals surface area (Å²) < 4.78 is 18.0. The monoisotopic (exact) mass is 277 g/mol. The number of aromatic nitrogens is 3. The van der Waals surface area contributed by atoms with Gasteiger partial charge in [-0.05, 0) is 12.1 Å². The molecule has 0 saturated heterocycles. The lowest BCUT2D eigenvalue weighted by molar-refractivity contribution is 0.394. The number of hydrogen-bond acceptors (Lipinski definition) is 6. The van der Waals surface area contributed by atoms with Gasteiger partial charge in [-0.25, -0.2) is 9.37 Å². The van der Waals surface area contributed by atoms with E-state index in [1.807, 2.05) is 0 Å². The summed E-state index contributed by atoms with van der Waals surface area (Å²) in [7, 11) is 0. The zero-order valence-corrected chi connectivity index (χ0v) is 10.6. The van der Waals surface area contributed by atoms with E-state index in [0.717, 1.165) is 0 Å². The summed E-state index contributed by atoms with van der Waals surface area (Å²) in [5.41, 5.74) is 0.590. The van der Waals surface area contributed by atoms with Crippen LogP contribution in [0.3, 0.4) is 0 Å². The second-order valence-electron chi connectivity index (χ2n) is 3.82. The molecule has 0 bridgehead atoms. The lowest BCUT2D eigenvalue weighted by Gasteiger charge is -1.94. The minimum Gasteiger partial charge on any atom is -0.492 e. The fourth-order valence-electron chi connectivity index (χ4n) is 1.59. The smallest absolute Gasteiger partial charge is 0.234 e. The third-order valence-corrected chi connectivity index (χ3v) is 3.50. The third-order valence-electron chi connectivity index (χ3n) is 2.41. The minimum absolute atomic E-state index is 0.190. The van der Waals surface area contributed by atoms with E-state index in [2.05, 4.69) is 15.1 Å². The number of halogens is 1. The molecule has 7 heteroatoms. The average molecular weight is 277 g/mol. The lowest BCUT2D eigenvalue weighted by atomic mass is 10.2. The van der Waals surface area contributed by atoms with Crippen molar-refractivity contribution in [2.24, 2.45) is 0 Å². The van der Waals surface area contributed by atoms with Crippen LogP contribution in [-0.2, 0) is 0 Å². The molecule has 19 heavy (non-hydrogen) atoms. The largest absolute Gasteiger partial charge is 0.492 e. The number of nitrogens with zero attached hydrogens (tertiary/aromatic N) is 3. The Balaban J connectivity index is 2.06. The molecule has 3 rings (SSSR count). The first-order valence-corrected chi connectivity index (χ1v) is 6.21. The summed E-state index contributed by atoms with van der Waals surface area (Å²) in [6.45, 7) is 1.65. The molecule has 0 amide bonds. The van der Waals surface area contributed by atoms with Crippen molar-refractivity contribution in [3.05, 3.63) is 36.0 Å². The third kappa shape index (κ3) is 2.19. The van der Waals surface area contributed by atoms with E-state index in [-0.39, 0.29) is 17.5 Å². The standard InChI is InChI=1S/C12H8FN3O2S/c1-6-14-10(16-18-6)9-11(17)15-12(19-9)7-3-2-4-8(13)5-7/h2-5,17H,1H3. The molecular formula is C12H8FN3O2S. The minimum atomic E-state index is -0.357. The van der Waals surface area contributed by atoms with Crippen molar-refractivity contribution in [1.82, 2.24) is 15.1 Å². The molecule has 0 spiro atoms. The molecule has 96 valence electrons. The van der Waals surface area contributed by atoms with Crippen molar-refractivity contribution >= 4 is 11.3 Å². The van der Waals surface area contributed by atoms with Gasteiger partial charge in [-0.15, -0.1) is 11.3 Å². The Morgan fingerprint density at radius 3 is 2.84 bits per heavy atom. The number of benzene rings is 1. The second-order valence-corrected chi connectivity index (χ2v) is 4.82. The SMILES string of the molecule is Cc1nc(-c2sc(-c3cccc(F)c3)nc2O)no1. The molecule has 0 fully saturated rings. The van der Waals surface area contributed by atoms with E-state index in [9.17, 15) is 9.50 Å². The van der Waals surface area contributed by atoms with Crippen molar-refractivity contribution < 1.29 is 14.0 Å². The summed E-state index contributed by atoms with van der Waals surface area (Å²) >= 11 is 1.17. The molecule has 0 saturated carbocycles. The second kappa shape index (κ2) is 4.43. The van der Waals surface area contributed by atoms with Gasteiger partial charge in [0.1, 0.15) is 15.7 Å². The van der Waals surface area contributed by atoms with E-state index in [0.29, 0.717) is 21.3 Å². The molecule has 3 aromatic rings. The quantitative estimate of drug-likeness (QED) is 0.779. The van der Waals surface area contributed by atoms with Gasteiger partial charge in [0, 0.05) is 12.5 Å². The van der Waals surface area contributed by atoms with E-state index < -0.39 is 0 Å². The number of rotatable bonds is 2. The van der Waals surface area contributed by atoms with Crippen molar-refractivity contribution in [3.8, 4) is 27.2 Å². The Morgan fingerprint density at radius 1 is 1.32 bits per heavy atom. The van der Waals surface area contributed by atoms with Crippen LogP contribution in [0.15, 0.2) is 28.8 Å². The van der Waals surface area contributed by atoms with Crippen LogP contribution in [0.4, 0.5) is 4.39 Å². The van der Waals surface area contributed by atoms with E-state index >= 15 is 0 Å². The number of aromatic hydroxyl groups is 1. The highest BCUT2D eigenvalue weighted by Crippen LogP contribution is 2.37. The maximum absolute atomic E-state index is 13.2. The van der Waals surface area contributed by atoms with Gasteiger partial charge in [-0.2, -0.15) is 4.98 Å². The molecular weight excluding hydrogens is 269 g/mol. The van der Waals surface area contributed by atoms with Crippen LogP contribution >= 0.6 is 11.3 Å². The van der Waals surface area contributed by atoms with Crippen LogP contribution in [0.5, 0.6) is 5.88 Å². The van der Waals surface area contributed by atoms with E-state index in [4.69, 9.17) is 4.52 Å². The van der Waals surface area contributed by atoms with Gasteiger partial charge in [0.05, 0.1) is 0 Å². The highest BCUT2D eigenvalue weighted by Gasteiger charge is 2.18. The van der Waals surface area contributed by atoms with E-state index in [1.54, 1.807) is 19.1 Å². The van der Waals surface area contributed by atoms with Crippen molar-refractivity contribution in [2.45, 2.75) is 6.92 Å². The zero-order chi connectivity index (χ0) is 13.4. The van der Waals surface area contributed by atoms with E-state index in [1.165, 1.54) is 23.5 Å². The molecule has 0 aliphatic heterocycles. The lowest BCUT2D eigenvalue weighted by Crippen LogP contribution is -1.77. The Bertz CT molecular complexity index is 738. The maximum Gasteiger partial charge on any atom is 0.234 e.